The number of carbonyl (C=O) groups excluding carboxylic acids is 1. The predicted molar refractivity (Wildman–Crippen MR) is 89.5 cm³/mol. The van der Waals surface area contributed by atoms with Crippen LogP contribution in [0.15, 0.2) is 35.7 Å². The van der Waals surface area contributed by atoms with E-state index in [-0.39, 0.29) is 5.97 Å². The minimum atomic E-state index is -0.437. The van der Waals surface area contributed by atoms with Crippen LogP contribution in [0.4, 0.5) is 0 Å². The number of hydrogen-bond acceptors (Lipinski definition) is 4. The molecule has 0 fully saturated rings. The van der Waals surface area contributed by atoms with Gasteiger partial charge in [-0.25, -0.2) is 4.79 Å². The fourth-order valence-corrected chi connectivity index (χ4v) is 4.14. The summed E-state index contributed by atoms with van der Waals surface area (Å²) in [5.41, 5.74) is 2.22. The Balaban J connectivity index is 1.89. The molecule has 0 spiro atoms. The highest BCUT2D eigenvalue weighted by Crippen LogP contribution is 2.31. The molecule has 0 unspecified atom stereocenters. The molecule has 0 saturated heterocycles. The van der Waals surface area contributed by atoms with Crippen LogP contribution in [0, 0.1) is 0 Å². The largest absolute Gasteiger partial charge is 0.468 e. The van der Waals surface area contributed by atoms with Crippen LogP contribution < -0.4 is 0 Å². The average Bonchev–Trinajstić information content (AvgIpc) is 2.90. The molecule has 3 rings (SSSR count). The normalized spacial score (nSPS) is 16.6. The molecule has 116 valence electrons. The lowest BCUT2D eigenvalue weighted by atomic mass is 10.0. The van der Waals surface area contributed by atoms with Gasteiger partial charge in [0.2, 0.25) is 0 Å². The molecule has 1 aromatic carbocycles. The van der Waals surface area contributed by atoms with Gasteiger partial charge in [0, 0.05) is 23.0 Å². The Morgan fingerprint density at radius 1 is 1.27 bits per heavy atom. The number of thiophene rings is 1. The molecule has 1 aliphatic rings. The highest BCUT2D eigenvalue weighted by atomic mass is 35.5. The Bertz CT molecular complexity index is 648. The molecule has 0 saturated carbocycles. The van der Waals surface area contributed by atoms with Crippen LogP contribution in [0.2, 0.25) is 5.02 Å². The summed E-state index contributed by atoms with van der Waals surface area (Å²) >= 11 is 8.11. The van der Waals surface area contributed by atoms with Gasteiger partial charge in [0.15, 0.2) is 0 Å². The van der Waals surface area contributed by atoms with Crippen molar-refractivity contribution >= 4 is 28.9 Å². The average molecular weight is 336 g/mol. The second-order valence-electron chi connectivity index (χ2n) is 5.35. The maximum atomic E-state index is 12.4. The first-order chi connectivity index (χ1) is 10.7. The summed E-state index contributed by atoms with van der Waals surface area (Å²) in [6.45, 7) is 1.66. The van der Waals surface area contributed by atoms with Crippen molar-refractivity contribution in [3.8, 4) is 0 Å². The number of esters is 1. The van der Waals surface area contributed by atoms with Gasteiger partial charge in [-0.3, -0.25) is 4.90 Å². The zero-order valence-electron chi connectivity index (χ0n) is 12.4. The van der Waals surface area contributed by atoms with E-state index in [0.29, 0.717) is 5.02 Å². The molecule has 2 aromatic rings. The van der Waals surface area contributed by atoms with E-state index in [9.17, 15) is 4.79 Å². The van der Waals surface area contributed by atoms with Crippen molar-refractivity contribution in [2.24, 2.45) is 0 Å². The SMILES string of the molecule is COC(=O)[C@H](c1ccccc1Cl)N1CCc2ccsc2CC1. The zero-order chi connectivity index (χ0) is 15.5. The van der Waals surface area contributed by atoms with E-state index in [4.69, 9.17) is 16.3 Å². The van der Waals surface area contributed by atoms with Gasteiger partial charge in [0.25, 0.3) is 0 Å². The number of halogens is 1. The monoisotopic (exact) mass is 335 g/mol. The van der Waals surface area contributed by atoms with Gasteiger partial charge in [-0.05, 0) is 41.5 Å². The van der Waals surface area contributed by atoms with Crippen LogP contribution >= 0.6 is 22.9 Å². The lowest BCUT2D eigenvalue weighted by molar-refractivity contribution is -0.147. The second-order valence-corrected chi connectivity index (χ2v) is 6.76. The summed E-state index contributed by atoms with van der Waals surface area (Å²) in [5.74, 6) is -0.252. The van der Waals surface area contributed by atoms with Crippen LogP contribution in [0.5, 0.6) is 0 Å². The van der Waals surface area contributed by atoms with Crippen LogP contribution in [0.1, 0.15) is 22.0 Å². The van der Waals surface area contributed by atoms with Gasteiger partial charge < -0.3 is 4.74 Å². The third-order valence-electron chi connectivity index (χ3n) is 4.12. The molecule has 0 aliphatic carbocycles. The van der Waals surface area contributed by atoms with Crippen LogP contribution in [0.25, 0.3) is 0 Å². The summed E-state index contributed by atoms with van der Waals surface area (Å²) < 4.78 is 5.04. The Morgan fingerprint density at radius 3 is 2.82 bits per heavy atom. The smallest absolute Gasteiger partial charge is 0.327 e. The molecule has 0 N–H and O–H groups in total. The van der Waals surface area contributed by atoms with E-state index in [2.05, 4.69) is 16.3 Å². The van der Waals surface area contributed by atoms with Crippen molar-refractivity contribution in [1.82, 2.24) is 4.90 Å². The molecule has 1 aliphatic heterocycles. The topological polar surface area (TPSA) is 29.5 Å². The molecule has 5 heteroatoms. The quantitative estimate of drug-likeness (QED) is 0.801. The molecule has 0 amide bonds. The molecule has 1 atom stereocenters. The lowest BCUT2D eigenvalue weighted by Gasteiger charge is -2.29. The fraction of sp³-hybridized carbons (Fsp3) is 0.353. The molecule has 0 bridgehead atoms. The second kappa shape index (κ2) is 6.82. The van der Waals surface area contributed by atoms with Gasteiger partial charge in [0.05, 0.1) is 7.11 Å². The number of nitrogens with zero attached hydrogens (tertiary/aromatic N) is 1. The Hall–Kier alpha value is -1.36. The number of benzene rings is 1. The van der Waals surface area contributed by atoms with E-state index in [0.717, 1.165) is 31.5 Å². The van der Waals surface area contributed by atoms with Gasteiger partial charge in [-0.1, -0.05) is 29.8 Å². The maximum absolute atomic E-state index is 12.4. The van der Waals surface area contributed by atoms with E-state index in [1.165, 1.54) is 17.6 Å². The summed E-state index contributed by atoms with van der Waals surface area (Å²) in [6.07, 6.45) is 1.92. The first-order valence-corrected chi connectivity index (χ1v) is 8.58. The Labute approximate surface area is 139 Å². The maximum Gasteiger partial charge on any atom is 0.327 e. The van der Waals surface area contributed by atoms with Crippen molar-refractivity contribution in [3.63, 3.8) is 0 Å². The van der Waals surface area contributed by atoms with Crippen molar-refractivity contribution in [1.29, 1.82) is 0 Å². The van der Waals surface area contributed by atoms with Crippen molar-refractivity contribution in [2.45, 2.75) is 18.9 Å². The van der Waals surface area contributed by atoms with E-state index < -0.39 is 6.04 Å². The number of fused-ring (bicyclic) bond motifs is 1. The highest BCUT2D eigenvalue weighted by molar-refractivity contribution is 7.10. The number of ether oxygens (including phenoxy) is 1. The predicted octanol–water partition coefficient (Wildman–Crippen LogP) is 3.72. The van der Waals surface area contributed by atoms with Crippen LogP contribution in [0.3, 0.4) is 0 Å². The number of methoxy groups -OCH3 is 1. The summed E-state index contributed by atoms with van der Waals surface area (Å²) in [7, 11) is 1.43. The molecule has 3 nitrogen and oxygen atoms in total. The Kier molecular flexibility index (Phi) is 4.81. The molecular weight excluding hydrogens is 318 g/mol. The van der Waals surface area contributed by atoms with Crippen molar-refractivity contribution in [3.05, 3.63) is 56.7 Å². The number of hydrogen-bond donors (Lipinski definition) is 0. The van der Waals surface area contributed by atoms with E-state index in [1.807, 2.05) is 24.3 Å². The molecule has 0 radical (unpaired) electrons. The molecular formula is C17H18ClNO2S. The zero-order valence-corrected chi connectivity index (χ0v) is 14.0. The van der Waals surface area contributed by atoms with Gasteiger partial charge in [0.1, 0.15) is 6.04 Å². The van der Waals surface area contributed by atoms with Crippen molar-refractivity contribution in [2.75, 3.05) is 20.2 Å². The summed E-state index contributed by atoms with van der Waals surface area (Å²) in [5, 5.41) is 2.75. The molecule has 22 heavy (non-hydrogen) atoms. The van der Waals surface area contributed by atoms with Crippen molar-refractivity contribution < 1.29 is 9.53 Å². The van der Waals surface area contributed by atoms with Gasteiger partial charge >= 0.3 is 5.97 Å². The van der Waals surface area contributed by atoms with Crippen LogP contribution in [-0.4, -0.2) is 31.1 Å². The van der Waals surface area contributed by atoms with Crippen LogP contribution in [-0.2, 0) is 22.4 Å². The molecule has 1 aromatic heterocycles. The van der Waals surface area contributed by atoms with E-state index >= 15 is 0 Å². The first-order valence-electron chi connectivity index (χ1n) is 7.32. The fourth-order valence-electron chi connectivity index (χ4n) is 2.97. The Morgan fingerprint density at radius 2 is 2.05 bits per heavy atom. The first kappa shape index (κ1) is 15.5. The minimum absolute atomic E-state index is 0.252. The number of carbonyl (C=O) groups is 1. The lowest BCUT2D eigenvalue weighted by Crippen LogP contribution is -2.37. The minimum Gasteiger partial charge on any atom is -0.468 e. The van der Waals surface area contributed by atoms with Gasteiger partial charge in [-0.15, -0.1) is 11.3 Å². The molecule has 2 heterocycles. The van der Waals surface area contributed by atoms with Gasteiger partial charge in [-0.2, -0.15) is 0 Å². The third-order valence-corrected chi connectivity index (χ3v) is 5.49. The summed E-state index contributed by atoms with van der Waals surface area (Å²) in [4.78, 5) is 16.0. The highest BCUT2D eigenvalue weighted by Gasteiger charge is 2.31. The third kappa shape index (κ3) is 3.05. The standard InChI is InChI=1S/C17H18ClNO2S/c1-21-17(20)16(13-4-2-3-5-14(13)18)19-9-6-12-8-11-22-15(12)7-10-19/h2-5,8,11,16H,6-7,9-10H2,1H3/t16-/m0/s1. The summed E-state index contributed by atoms with van der Waals surface area (Å²) in [6, 6.07) is 9.26. The number of rotatable bonds is 3. The van der Waals surface area contributed by atoms with E-state index in [1.54, 1.807) is 11.3 Å².